The second kappa shape index (κ2) is 11.4. The number of benzene rings is 1. The van der Waals surface area contributed by atoms with Crippen molar-refractivity contribution in [3.05, 3.63) is 48.6 Å². The van der Waals surface area contributed by atoms with Gasteiger partial charge in [-0.25, -0.2) is 0 Å². The monoisotopic (exact) mass is 340 g/mol. The van der Waals surface area contributed by atoms with E-state index in [1.165, 1.54) is 5.56 Å². The van der Waals surface area contributed by atoms with Gasteiger partial charge in [0.05, 0.1) is 19.0 Å². The van der Waals surface area contributed by atoms with Crippen LogP contribution in [0.1, 0.15) is 44.1 Å². The summed E-state index contributed by atoms with van der Waals surface area (Å²) < 4.78 is 33.2. The second-order valence-corrected chi connectivity index (χ2v) is 7.28. The van der Waals surface area contributed by atoms with Crippen molar-refractivity contribution in [3.8, 4) is 0 Å². The highest BCUT2D eigenvalue weighted by Crippen LogP contribution is 2.15. The number of hydrogen-bond donors (Lipinski definition) is 0. The fraction of sp³-hybridized carbons (Fsp3) is 0.556. The Bertz CT molecular complexity index is 525. The smallest absolute Gasteiger partial charge is 0.264 e. The molecule has 0 aliphatic carbocycles. The summed E-state index contributed by atoms with van der Waals surface area (Å²) in [6, 6.07) is 10.1. The molecule has 0 bridgehead atoms. The lowest BCUT2D eigenvalue weighted by atomic mass is 10.1. The van der Waals surface area contributed by atoms with Gasteiger partial charge in [0.25, 0.3) is 10.1 Å². The maximum absolute atomic E-state index is 11.2. The minimum atomic E-state index is -3.39. The lowest BCUT2D eigenvalue weighted by Crippen LogP contribution is -2.17. The van der Waals surface area contributed by atoms with E-state index in [9.17, 15) is 8.42 Å². The molecule has 0 aromatic heterocycles. The molecule has 0 radical (unpaired) electrons. The maximum atomic E-state index is 11.2. The molecule has 5 heteroatoms. The molecule has 0 aliphatic heterocycles. The zero-order valence-electron chi connectivity index (χ0n) is 13.9. The minimum absolute atomic E-state index is 0.242. The van der Waals surface area contributed by atoms with Crippen molar-refractivity contribution in [2.75, 3.05) is 12.9 Å². The van der Waals surface area contributed by atoms with Crippen molar-refractivity contribution < 1.29 is 17.3 Å². The van der Waals surface area contributed by atoms with Crippen LogP contribution in [0.4, 0.5) is 0 Å². The molecule has 0 unspecified atom stereocenters. The number of hydrogen-bond acceptors (Lipinski definition) is 4. The average Bonchev–Trinajstić information content (AvgIpc) is 2.51. The summed E-state index contributed by atoms with van der Waals surface area (Å²) in [5, 5.41) is 0. The fourth-order valence-corrected chi connectivity index (χ4v) is 3.00. The molecular weight excluding hydrogens is 312 g/mol. The van der Waals surface area contributed by atoms with Gasteiger partial charge < -0.3 is 4.74 Å². The second-order valence-electron chi connectivity index (χ2n) is 5.68. The van der Waals surface area contributed by atoms with Crippen molar-refractivity contribution in [1.82, 2.24) is 0 Å². The number of allylic oxidation sites excluding steroid dienone is 1. The molecule has 0 fully saturated rings. The molecule has 0 saturated heterocycles. The maximum Gasteiger partial charge on any atom is 0.264 e. The van der Waals surface area contributed by atoms with Gasteiger partial charge in [-0.15, -0.1) is 6.58 Å². The van der Waals surface area contributed by atoms with Crippen LogP contribution in [0.3, 0.4) is 0 Å². The summed E-state index contributed by atoms with van der Waals surface area (Å²) >= 11 is 0. The van der Waals surface area contributed by atoms with Crippen molar-refractivity contribution >= 4 is 10.1 Å². The summed E-state index contributed by atoms with van der Waals surface area (Å²) in [7, 11) is -3.39. The molecule has 0 spiro atoms. The van der Waals surface area contributed by atoms with Crippen LogP contribution in [0, 0.1) is 0 Å². The van der Waals surface area contributed by atoms with Crippen LogP contribution < -0.4 is 0 Å². The van der Waals surface area contributed by atoms with E-state index in [1.54, 1.807) is 6.08 Å². The molecule has 23 heavy (non-hydrogen) atoms. The van der Waals surface area contributed by atoms with Crippen LogP contribution in [-0.2, 0) is 25.6 Å². The van der Waals surface area contributed by atoms with Gasteiger partial charge in [-0.1, -0.05) is 49.2 Å². The SMILES string of the molecule is C=CCC[C@@H](CCCCCOCc1ccccc1)OS(C)(=O)=O. The molecule has 1 aromatic rings. The van der Waals surface area contributed by atoms with Gasteiger partial charge in [-0.3, -0.25) is 4.18 Å². The van der Waals surface area contributed by atoms with E-state index in [0.29, 0.717) is 13.0 Å². The molecule has 0 heterocycles. The predicted molar refractivity (Wildman–Crippen MR) is 93.7 cm³/mol. The van der Waals surface area contributed by atoms with E-state index < -0.39 is 10.1 Å². The summed E-state index contributed by atoms with van der Waals surface area (Å²) in [6.07, 6.45) is 7.77. The summed E-state index contributed by atoms with van der Waals surface area (Å²) in [5.41, 5.74) is 1.18. The molecule has 1 rings (SSSR count). The number of rotatable bonds is 13. The van der Waals surface area contributed by atoms with E-state index in [-0.39, 0.29) is 6.10 Å². The first-order chi connectivity index (χ1) is 11.0. The minimum Gasteiger partial charge on any atom is -0.377 e. The third kappa shape index (κ3) is 11.1. The van der Waals surface area contributed by atoms with E-state index in [2.05, 4.69) is 6.58 Å². The van der Waals surface area contributed by atoms with Crippen LogP contribution in [0.5, 0.6) is 0 Å². The van der Waals surface area contributed by atoms with Gasteiger partial charge in [0.1, 0.15) is 0 Å². The Balaban J connectivity index is 2.12. The molecule has 1 atom stereocenters. The molecular formula is C18H28O4S. The van der Waals surface area contributed by atoms with Crippen molar-refractivity contribution in [1.29, 1.82) is 0 Å². The zero-order valence-corrected chi connectivity index (χ0v) is 14.8. The lowest BCUT2D eigenvalue weighted by molar-refractivity contribution is 0.115. The molecule has 0 N–H and O–H groups in total. The summed E-state index contributed by atoms with van der Waals surface area (Å²) in [6.45, 7) is 5.02. The quantitative estimate of drug-likeness (QED) is 0.308. The van der Waals surface area contributed by atoms with Gasteiger partial charge in [-0.2, -0.15) is 8.42 Å². The summed E-state index contributed by atoms with van der Waals surface area (Å²) in [4.78, 5) is 0. The Kier molecular flexibility index (Phi) is 9.83. The largest absolute Gasteiger partial charge is 0.377 e. The number of ether oxygens (including phenoxy) is 1. The van der Waals surface area contributed by atoms with Crippen LogP contribution in [-0.4, -0.2) is 27.4 Å². The Morgan fingerprint density at radius 3 is 2.52 bits per heavy atom. The van der Waals surface area contributed by atoms with E-state index in [0.717, 1.165) is 45.0 Å². The third-order valence-electron chi connectivity index (χ3n) is 3.43. The highest BCUT2D eigenvalue weighted by atomic mass is 32.2. The molecule has 130 valence electrons. The van der Waals surface area contributed by atoms with Gasteiger partial charge in [0.2, 0.25) is 0 Å². The molecule has 0 aliphatic rings. The Hall–Kier alpha value is -1.17. The van der Waals surface area contributed by atoms with Gasteiger partial charge >= 0.3 is 0 Å². The molecule has 0 amide bonds. The molecule has 1 aromatic carbocycles. The van der Waals surface area contributed by atoms with Crippen molar-refractivity contribution in [3.63, 3.8) is 0 Å². The Labute approximate surface area is 140 Å². The Morgan fingerprint density at radius 2 is 1.87 bits per heavy atom. The highest BCUT2D eigenvalue weighted by Gasteiger charge is 2.14. The summed E-state index contributed by atoms with van der Waals surface area (Å²) in [5.74, 6) is 0. The first kappa shape index (κ1) is 19.9. The standard InChI is InChI=1S/C18H28O4S/c1-3-4-13-18(22-23(2,19)20)14-9-6-10-15-21-16-17-11-7-5-8-12-17/h3,5,7-8,11-12,18H,1,4,6,9-10,13-16H2,2H3/t18-/m0/s1. The third-order valence-corrected chi connectivity index (χ3v) is 4.05. The van der Waals surface area contributed by atoms with E-state index in [1.807, 2.05) is 30.3 Å². The normalized spacial score (nSPS) is 12.9. The Morgan fingerprint density at radius 1 is 1.13 bits per heavy atom. The van der Waals surface area contributed by atoms with Crippen LogP contribution >= 0.6 is 0 Å². The first-order valence-corrected chi connectivity index (χ1v) is 9.94. The van der Waals surface area contributed by atoms with Crippen LogP contribution in [0.15, 0.2) is 43.0 Å². The van der Waals surface area contributed by atoms with Gasteiger partial charge in [0.15, 0.2) is 0 Å². The van der Waals surface area contributed by atoms with E-state index >= 15 is 0 Å². The lowest BCUT2D eigenvalue weighted by Gasteiger charge is -2.15. The van der Waals surface area contributed by atoms with Crippen LogP contribution in [0.2, 0.25) is 0 Å². The van der Waals surface area contributed by atoms with Crippen molar-refractivity contribution in [2.45, 2.75) is 51.2 Å². The number of unbranched alkanes of at least 4 members (excludes halogenated alkanes) is 2. The van der Waals surface area contributed by atoms with E-state index in [4.69, 9.17) is 8.92 Å². The highest BCUT2D eigenvalue weighted by molar-refractivity contribution is 7.86. The van der Waals surface area contributed by atoms with Crippen molar-refractivity contribution in [2.24, 2.45) is 0 Å². The predicted octanol–water partition coefficient (Wildman–Crippen LogP) is 4.07. The molecule has 4 nitrogen and oxygen atoms in total. The topological polar surface area (TPSA) is 52.6 Å². The first-order valence-electron chi connectivity index (χ1n) is 8.12. The van der Waals surface area contributed by atoms with Gasteiger partial charge in [0, 0.05) is 6.61 Å². The zero-order chi connectivity index (χ0) is 17.0. The van der Waals surface area contributed by atoms with Crippen LogP contribution in [0.25, 0.3) is 0 Å². The molecule has 0 saturated carbocycles. The van der Waals surface area contributed by atoms with Gasteiger partial charge in [-0.05, 0) is 31.2 Å². The average molecular weight is 340 g/mol. The fourth-order valence-electron chi connectivity index (χ4n) is 2.31.